The van der Waals surface area contributed by atoms with Gasteiger partial charge < -0.3 is 10.2 Å². The Balaban J connectivity index is 1.48. The molecule has 1 fully saturated rings. The third-order valence-corrected chi connectivity index (χ3v) is 7.75. The molecule has 1 aliphatic heterocycles. The lowest BCUT2D eigenvalue weighted by atomic mass is 9.79. The molecule has 5 rings (SSSR count). The molecule has 168 valence electrons. The smallest absolute Gasteiger partial charge is 0.186 e. The van der Waals surface area contributed by atoms with Crippen LogP contribution in [0.25, 0.3) is 32.2 Å². The first-order valence-corrected chi connectivity index (χ1v) is 12.2. The van der Waals surface area contributed by atoms with Gasteiger partial charge in [-0.25, -0.2) is 4.98 Å². The van der Waals surface area contributed by atoms with Gasteiger partial charge in [-0.05, 0) is 88.4 Å². The quantitative estimate of drug-likeness (QED) is 0.424. The van der Waals surface area contributed by atoms with E-state index in [4.69, 9.17) is 4.98 Å². The Morgan fingerprint density at radius 3 is 2.50 bits per heavy atom. The first-order chi connectivity index (χ1) is 15.0. The second-order valence-corrected chi connectivity index (χ2v) is 11.8. The molecule has 0 spiro atoms. The summed E-state index contributed by atoms with van der Waals surface area (Å²) in [7, 11) is 4.19. The van der Waals surface area contributed by atoms with Gasteiger partial charge in [0.15, 0.2) is 5.13 Å². The zero-order chi connectivity index (χ0) is 22.8. The number of nitrogens with one attached hydrogen (secondary N) is 1. The number of thiazole rings is 1. The van der Waals surface area contributed by atoms with Gasteiger partial charge in [-0.2, -0.15) is 5.10 Å². The minimum atomic E-state index is 0.118. The Kier molecular flexibility index (Phi) is 4.88. The molecule has 1 N–H and O–H groups in total. The standard InChI is InChI=1S/C26H33N5S/c1-16-10-18(11-19-15-30(6)28-23(16)19)17-8-9-21-22(12-17)32-24(27-21)31(7)20-13-25(2,3)29-26(4,5)14-20/h8-12,15,20,29H,13-14H2,1-7H3. The van der Waals surface area contributed by atoms with Crippen molar-refractivity contribution in [1.82, 2.24) is 20.1 Å². The van der Waals surface area contributed by atoms with Crippen molar-refractivity contribution >= 4 is 37.6 Å². The number of piperidine rings is 1. The molecule has 3 heterocycles. The van der Waals surface area contributed by atoms with E-state index in [1.807, 2.05) is 11.7 Å². The van der Waals surface area contributed by atoms with Gasteiger partial charge in [-0.3, -0.25) is 4.68 Å². The fraction of sp³-hybridized carbons (Fsp3) is 0.462. The van der Waals surface area contributed by atoms with Crippen LogP contribution in [0.1, 0.15) is 46.1 Å². The molecule has 4 aromatic rings. The van der Waals surface area contributed by atoms with Gasteiger partial charge in [0.25, 0.3) is 0 Å². The number of fused-ring (bicyclic) bond motifs is 2. The maximum atomic E-state index is 5.00. The summed E-state index contributed by atoms with van der Waals surface area (Å²) < 4.78 is 3.12. The van der Waals surface area contributed by atoms with Crippen molar-refractivity contribution in [2.75, 3.05) is 11.9 Å². The highest BCUT2D eigenvalue weighted by molar-refractivity contribution is 7.22. The molecule has 0 bridgehead atoms. The fourth-order valence-electron chi connectivity index (χ4n) is 5.54. The van der Waals surface area contributed by atoms with Crippen molar-refractivity contribution in [2.45, 2.75) is 64.6 Å². The Hall–Kier alpha value is -2.44. The van der Waals surface area contributed by atoms with Crippen molar-refractivity contribution in [2.24, 2.45) is 7.05 Å². The monoisotopic (exact) mass is 447 g/mol. The van der Waals surface area contributed by atoms with E-state index in [1.54, 1.807) is 11.3 Å². The van der Waals surface area contributed by atoms with Crippen LogP contribution in [0.5, 0.6) is 0 Å². The molecular weight excluding hydrogens is 414 g/mol. The van der Waals surface area contributed by atoms with Crippen molar-refractivity contribution in [3.8, 4) is 11.1 Å². The van der Waals surface area contributed by atoms with E-state index in [-0.39, 0.29) is 11.1 Å². The van der Waals surface area contributed by atoms with Crippen LogP contribution >= 0.6 is 11.3 Å². The summed E-state index contributed by atoms with van der Waals surface area (Å²) >= 11 is 1.80. The predicted octanol–water partition coefficient (Wildman–Crippen LogP) is 5.90. The summed E-state index contributed by atoms with van der Waals surface area (Å²) in [6.07, 6.45) is 4.31. The van der Waals surface area contributed by atoms with E-state index in [2.05, 4.69) is 93.5 Å². The number of anilines is 1. The second-order valence-electron chi connectivity index (χ2n) is 10.8. The molecule has 0 amide bonds. The van der Waals surface area contributed by atoms with Crippen LogP contribution in [0.3, 0.4) is 0 Å². The normalized spacial score (nSPS) is 18.5. The first-order valence-electron chi connectivity index (χ1n) is 11.4. The van der Waals surface area contributed by atoms with E-state index in [0.29, 0.717) is 6.04 Å². The highest BCUT2D eigenvalue weighted by Crippen LogP contribution is 2.37. The largest absolute Gasteiger partial charge is 0.348 e. The average Bonchev–Trinajstić information content (AvgIpc) is 3.27. The Morgan fingerprint density at radius 1 is 1.06 bits per heavy atom. The maximum absolute atomic E-state index is 5.00. The summed E-state index contributed by atoms with van der Waals surface area (Å²) in [5.41, 5.74) is 6.06. The number of hydrogen-bond acceptors (Lipinski definition) is 5. The third-order valence-electron chi connectivity index (χ3n) is 6.64. The zero-order valence-corrected chi connectivity index (χ0v) is 21.0. The summed E-state index contributed by atoms with van der Waals surface area (Å²) in [6, 6.07) is 11.6. The Labute approximate surface area is 194 Å². The topological polar surface area (TPSA) is 46.0 Å². The highest BCUT2D eigenvalue weighted by Gasteiger charge is 2.39. The van der Waals surface area contributed by atoms with E-state index in [9.17, 15) is 0 Å². The molecule has 5 nitrogen and oxygen atoms in total. The highest BCUT2D eigenvalue weighted by atomic mass is 32.1. The summed E-state index contributed by atoms with van der Waals surface area (Å²) in [5, 5.41) is 10.7. The lowest BCUT2D eigenvalue weighted by Crippen LogP contribution is -2.61. The van der Waals surface area contributed by atoms with Crippen LogP contribution in [-0.2, 0) is 7.05 Å². The van der Waals surface area contributed by atoms with Gasteiger partial charge in [0.1, 0.15) is 0 Å². The van der Waals surface area contributed by atoms with Crippen molar-refractivity contribution in [3.05, 3.63) is 42.1 Å². The Morgan fingerprint density at radius 2 is 1.78 bits per heavy atom. The molecule has 1 saturated heterocycles. The molecule has 2 aromatic carbocycles. The summed E-state index contributed by atoms with van der Waals surface area (Å²) in [5.74, 6) is 0. The minimum Gasteiger partial charge on any atom is -0.348 e. The van der Waals surface area contributed by atoms with Gasteiger partial charge in [0.05, 0.1) is 15.7 Å². The number of benzene rings is 2. The second kappa shape index (κ2) is 7.29. The van der Waals surface area contributed by atoms with Crippen LogP contribution in [0, 0.1) is 6.92 Å². The minimum absolute atomic E-state index is 0.118. The Bertz CT molecular complexity index is 1300. The van der Waals surface area contributed by atoms with Gasteiger partial charge >= 0.3 is 0 Å². The summed E-state index contributed by atoms with van der Waals surface area (Å²) in [4.78, 5) is 7.40. The number of hydrogen-bond donors (Lipinski definition) is 1. The van der Waals surface area contributed by atoms with E-state index in [0.717, 1.165) is 29.0 Å². The number of rotatable bonds is 3. The van der Waals surface area contributed by atoms with E-state index in [1.165, 1.54) is 26.8 Å². The molecule has 6 heteroatoms. The van der Waals surface area contributed by atoms with Crippen molar-refractivity contribution in [3.63, 3.8) is 0 Å². The molecular formula is C26H33N5S. The fourth-order valence-corrected chi connectivity index (χ4v) is 6.58. The van der Waals surface area contributed by atoms with E-state index < -0.39 is 0 Å². The van der Waals surface area contributed by atoms with Crippen LogP contribution in [0.2, 0.25) is 0 Å². The lowest BCUT2D eigenvalue weighted by Gasteiger charge is -2.48. The van der Waals surface area contributed by atoms with Crippen LogP contribution in [0.15, 0.2) is 36.5 Å². The molecule has 0 saturated carbocycles. The lowest BCUT2D eigenvalue weighted by molar-refractivity contribution is 0.161. The SMILES string of the molecule is Cc1cc(-c2ccc3nc(N(C)C4CC(C)(C)NC(C)(C)C4)sc3c2)cc2cn(C)nc12. The molecule has 2 aromatic heterocycles. The summed E-state index contributed by atoms with van der Waals surface area (Å²) in [6.45, 7) is 11.4. The van der Waals surface area contributed by atoms with Crippen molar-refractivity contribution < 1.29 is 0 Å². The van der Waals surface area contributed by atoms with Crippen LogP contribution in [0.4, 0.5) is 5.13 Å². The number of aromatic nitrogens is 3. The maximum Gasteiger partial charge on any atom is 0.186 e. The molecule has 1 aliphatic rings. The average molecular weight is 448 g/mol. The zero-order valence-electron chi connectivity index (χ0n) is 20.2. The molecule has 0 radical (unpaired) electrons. The van der Waals surface area contributed by atoms with Crippen LogP contribution < -0.4 is 10.2 Å². The van der Waals surface area contributed by atoms with Gasteiger partial charge in [-0.15, -0.1) is 0 Å². The first kappa shape index (κ1) is 21.4. The molecule has 0 atom stereocenters. The van der Waals surface area contributed by atoms with Gasteiger partial charge in [-0.1, -0.05) is 17.4 Å². The van der Waals surface area contributed by atoms with Crippen molar-refractivity contribution in [1.29, 1.82) is 0 Å². The van der Waals surface area contributed by atoms with Gasteiger partial charge in [0.2, 0.25) is 0 Å². The number of nitrogens with zero attached hydrogens (tertiary/aromatic N) is 4. The molecule has 0 unspecified atom stereocenters. The molecule has 32 heavy (non-hydrogen) atoms. The predicted molar refractivity (Wildman–Crippen MR) is 137 cm³/mol. The van der Waals surface area contributed by atoms with E-state index >= 15 is 0 Å². The third kappa shape index (κ3) is 3.90. The van der Waals surface area contributed by atoms with Crippen LogP contribution in [-0.4, -0.2) is 38.9 Å². The molecule has 0 aliphatic carbocycles. The number of aryl methyl sites for hydroxylation is 2. The van der Waals surface area contributed by atoms with Gasteiger partial charge in [0, 0.05) is 42.8 Å².